The summed E-state index contributed by atoms with van der Waals surface area (Å²) in [4.78, 5) is 44.9. The minimum absolute atomic E-state index is 0.0381. The molecule has 2 aromatic rings. The summed E-state index contributed by atoms with van der Waals surface area (Å²) >= 11 is 0. The van der Waals surface area contributed by atoms with Gasteiger partial charge in [-0.05, 0) is 24.7 Å². The molecule has 6 nitrogen and oxygen atoms in total. The number of nitrogens with zero attached hydrogens (tertiary/aromatic N) is 2. The van der Waals surface area contributed by atoms with E-state index < -0.39 is 23.7 Å². The molecule has 4 rings (SSSR count). The van der Waals surface area contributed by atoms with Gasteiger partial charge in [-0.2, -0.15) is 0 Å². The van der Waals surface area contributed by atoms with Gasteiger partial charge in [0.2, 0.25) is 0 Å². The van der Waals surface area contributed by atoms with Crippen molar-refractivity contribution < 1.29 is 19.2 Å². The summed E-state index contributed by atoms with van der Waals surface area (Å²) in [5, 5.41) is 0.591. The van der Waals surface area contributed by atoms with Crippen LogP contribution >= 0.6 is 0 Å². The van der Waals surface area contributed by atoms with Crippen molar-refractivity contribution in [1.29, 1.82) is 0 Å². The summed E-state index contributed by atoms with van der Waals surface area (Å²) in [6.07, 6.45) is 0. The van der Waals surface area contributed by atoms with Crippen LogP contribution in [0.15, 0.2) is 54.6 Å². The first-order valence-electron chi connectivity index (χ1n) is 8.49. The second-order valence-electron chi connectivity index (χ2n) is 6.71. The lowest BCUT2D eigenvalue weighted by molar-refractivity contribution is -0.173. The van der Waals surface area contributed by atoms with E-state index in [1.807, 2.05) is 42.3 Å². The number of benzene rings is 2. The average molecular weight is 350 g/mol. The Balaban J connectivity index is 1.55. The van der Waals surface area contributed by atoms with E-state index in [1.54, 1.807) is 24.3 Å². The number of amides is 2. The fourth-order valence-electron chi connectivity index (χ4n) is 3.69. The summed E-state index contributed by atoms with van der Waals surface area (Å²) < 4.78 is 0. The van der Waals surface area contributed by atoms with E-state index in [-0.39, 0.29) is 17.0 Å². The predicted molar refractivity (Wildman–Crippen MR) is 93.2 cm³/mol. The zero-order valence-electron chi connectivity index (χ0n) is 14.3. The molecular formula is C20H18N2O4. The van der Waals surface area contributed by atoms with Crippen molar-refractivity contribution in [2.75, 3.05) is 20.1 Å². The Bertz CT molecular complexity index is 845. The maximum absolute atomic E-state index is 12.8. The molecule has 0 aromatic heterocycles. The highest BCUT2D eigenvalue weighted by Crippen LogP contribution is 2.33. The summed E-state index contributed by atoms with van der Waals surface area (Å²) in [6, 6.07) is 16.2. The minimum Gasteiger partial charge on any atom is -0.329 e. The number of likely N-dealkylation sites (N-methyl/N-ethyl adjacent to an activating group) is 1. The van der Waals surface area contributed by atoms with Gasteiger partial charge in [-0.3, -0.25) is 9.59 Å². The second-order valence-corrected chi connectivity index (χ2v) is 6.71. The molecule has 1 saturated heterocycles. The van der Waals surface area contributed by atoms with Gasteiger partial charge in [0, 0.05) is 19.0 Å². The molecule has 6 heteroatoms. The predicted octanol–water partition coefficient (Wildman–Crippen LogP) is 2.09. The molecule has 1 fully saturated rings. The molecule has 0 spiro atoms. The lowest BCUT2D eigenvalue weighted by Crippen LogP contribution is -2.36. The van der Waals surface area contributed by atoms with Gasteiger partial charge in [0.05, 0.1) is 17.0 Å². The zero-order valence-corrected chi connectivity index (χ0v) is 14.3. The molecule has 132 valence electrons. The number of rotatable bonds is 3. The molecule has 2 aliphatic rings. The van der Waals surface area contributed by atoms with Crippen molar-refractivity contribution in [3.8, 4) is 0 Å². The van der Waals surface area contributed by atoms with Crippen LogP contribution in [0.2, 0.25) is 0 Å². The van der Waals surface area contributed by atoms with Gasteiger partial charge in [0.15, 0.2) is 0 Å². The Labute approximate surface area is 150 Å². The van der Waals surface area contributed by atoms with Gasteiger partial charge in [-0.25, -0.2) is 4.79 Å². The van der Waals surface area contributed by atoms with E-state index in [1.165, 1.54) is 0 Å². The summed E-state index contributed by atoms with van der Waals surface area (Å²) in [5.41, 5.74) is 1.56. The molecule has 2 aliphatic heterocycles. The van der Waals surface area contributed by atoms with Gasteiger partial charge < -0.3 is 9.74 Å². The van der Waals surface area contributed by atoms with Crippen molar-refractivity contribution in [2.24, 2.45) is 5.92 Å². The fraction of sp³-hybridized carbons (Fsp3) is 0.250. The first-order valence-corrected chi connectivity index (χ1v) is 8.49. The Hall–Kier alpha value is -2.99. The lowest BCUT2D eigenvalue weighted by atomic mass is 9.89. The van der Waals surface area contributed by atoms with Crippen LogP contribution in [-0.2, 0) is 9.63 Å². The van der Waals surface area contributed by atoms with E-state index in [0.717, 1.165) is 5.56 Å². The van der Waals surface area contributed by atoms with Gasteiger partial charge in [0.1, 0.15) is 0 Å². The molecule has 0 aliphatic carbocycles. The van der Waals surface area contributed by atoms with E-state index in [0.29, 0.717) is 18.2 Å². The highest BCUT2D eigenvalue weighted by molar-refractivity contribution is 6.20. The van der Waals surface area contributed by atoms with Crippen LogP contribution in [0.25, 0.3) is 0 Å². The van der Waals surface area contributed by atoms with Crippen molar-refractivity contribution in [3.63, 3.8) is 0 Å². The second kappa shape index (κ2) is 6.38. The number of likely N-dealkylation sites (tertiary alicyclic amines) is 1. The van der Waals surface area contributed by atoms with Crippen molar-refractivity contribution >= 4 is 17.8 Å². The normalized spacial score (nSPS) is 22.6. The number of hydroxylamine groups is 2. The number of carbonyl (C=O) groups excluding carboxylic acids is 3. The van der Waals surface area contributed by atoms with Crippen LogP contribution in [0.4, 0.5) is 0 Å². The Morgan fingerprint density at radius 3 is 2.12 bits per heavy atom. The van der Waals surface area contributed by atoms with Gasteiger partial charge >= 0.3 is 5.97 Å². The third-order valence-corrected chi connectivity index (χ3v) is 4.97. The highest BCUT2D eigenvalue weighted by atomic mass is 16.7. The van der Waals surface area contributed by atoms with Crippen LogP contribution in [0.1, 0.15) is 32.2 Å². The fourth-order valence-corrected chi connectivity index (χ4v) is 3.69. The van der Waals surface area contributed by atoms with E-state index in [9.17, 15) is 14.4 Å². The standard InChI is InChI=1S/C20H18N2O4/c1-21-11-16(13-7-3-2-4-8-13)17(12-21)20(25)26-22-18(23)14-9-5-6-10-15(14)19(22)24/h2-10,16-17H,11-12H2,1H3/t16-,17+/m1/s1. The summed E-state index contributed by atoms with van der Waals surface area (Å²) in [7, 11) is 1.94. The molecule has 2 aromatic carbocycles. The third kappa shape index (κ3) is 2.68. The van der Waals surface area contributed by atoms with E-state index >= 15 is 0 Å². The number of carbonyl (C=O) groups is 3. The molecule has 26 heavy (non-hydrogen) atoms. The molecule has 0 N–H and O–H groups in total. The molecule has 0 bridgehead atoms. The SMILES string of the molecule is CN1C[C@H](C(=O)ON2C(=O)c3ccccc3C2=O)[C@@H](c2ccccc2)C1. The lowest BCUT2D eigenvalue weighted by Gasteiger charge is -2.20. The molecule has 2 atom stereocenters. The topological polar surface area (TPSA) is 66.9 Å². The zero-order chi connectivity index (χ0) is 18.3. The van der Waals surface area contributed by atoms with Crippen LogP contribution in [0, 0.1) is 5.92 Å². The summed E-state index contributed by atoms with van der Waals surface area (Å²) in [6.45, 7) is 1.23. The quantitative estimate of drug-likeness (QED) is 0.793. The van der Waals surface area contributed by atoms with Gasteiger partial charge in [-0.15, -0.1) is 0 Å². The van der Waals surface area contributed by atoms with Crippen LogP contribution in [-0.4, -0.2) is 47.9 Å². The number of imide groups is 1. The first-order chi connectivity index (χ1) is 12.6. The van der Waals surface area contributed by atoms with Gasteiger partial charge in [0.25, 0.3) is 11.8 Å². The number of hydrogen-bond donors (Lipinski definition) is 0. The molecule has 2 heterocycles. The first kappa shape index (κ1) is 16.5. The Morgan fingerprint density at radius 2 is 1.50 bits per heavy atom. The van der Waals surface area contributed by atoms with Crippen LogP contribution in [0.3, 0.4) is 0 Å². The van der Waals surface area contributed by atoms with Crippen molar-refractivity contribution in [1.82, 2.24) is 9.96 Å². The Kier molecular flexibility index (Phi) is 4.05. The molecule has 2 amide bonds. The molecule has 0 radical (unpaired) electrons. The smallest absolute Gasteiger partial charge is 0.329 e. The molecule has 0 unspecified atom stereocenters. The van der Waals surface area contributed by atoms with Crippen molar-refractivity contribution in [3.05, 3.63) is 71.3 Å². The molecular weight excluding hydrogens is 332 g/mol. The van der Waals surface area contributed by atoms with Gasteiger partial charge in [-0.1, -0.05) is 47.5 Å². The Morgan fingerprint density at radius 1 is 0.923 bits per heavy atom. The van der Waals surface area contributed by atoms with E-state index in [2.05, 4.69) is 0 Å². The largest absolute Gasteiger partial charge is 0.338 e. The number of hydrogen-bond acceptors (Lipinski definition) is 5. The third-order valence-electron chi connectivity index (χ3n) is 4.97. The minimum atomic E-state index is -0.596. The van der Waals surface area contributed by atoms with Crippen LogP contribution < -0.4 is 0 Å². The average Bonchev–Trinajstić information content (AvgIpc) is 3.17. The molecule has 0 saturated carbocycles. The maximum atomic E-state index is 12.8. The van der Waals surface area contributed by atoms with E-state index in [4.69, 9.17) is 4.84 Å². The number of fused-ring (bicyclic) bond motifs is 1. The highest BCUT2D eigenvalue weighted by Gasteiger charge is 2.43. The summed E-state index contributed by atoms with van der Waals surface area (Å²) in [5.74, 6) is -2.23. The van der Waals surface area contributed by atoms with Crippen LogP contribution in [0.5, 0.6) is 0 Å². The van der Waals surface area contributed by atoms with Crippen molar-refractivity contribution in [2.45, 2.75) is 5.92 Å². The maximum Gasteiger partial charge on any atom is 0.338 e. The monoisotopic (exact) mass is 350 g/mol.